The highest BCUT2D eigenvalue weighted by atomic mass is 16.5. The van der Waals surface area contributed by atoms with Gasteiger partial charge in [0, 0.05) is 17.2 Å². The number of aromatic nitrogens is 2. The highest BCUT2D eigenvalue weighted by Gasteiger charge is 2.24. The third kappa shape index (κ3) is 3.16. The largest absolute Gasteiger partial charge is 0.497 e. The van der Waals surface area contributed by atoms with E-state index in [1.54, 1.807) is 14.0 Å². The Kier molecular flexibility index (Phi) is 4.47. The molecule has 2 N–H and O–H groups in total. The van der Waals surface area contributed by atoms with Gasteiger partial charge < -0.3 is 14.6 Å². The molecule has 112 valence electrons. The molecule has 0 unspecified atom stereocenters. The molecular formula is C15H18N2O4. The lowest BCUT2D eigenvalue weighted by atomic mass is 9.88. The van der Waals surface area contributed by atoms with Crippen molar-refractivity contribution < 1.29 is 14.3 Å². The van der Waals surface area contributed by atoms with Gasteiger partial charge in [-0.3, -0.25) is 14.7 Å². The quantitative estimate of drug-likeness (QED) is 0.821. The normalized spacial score (nSPS) is 12.0. The zero-order chi connectivity index (χ0) is 15.4. The van der Waals surface area contributed by atoms with E-state index < -0.39 is 0 Å². The minimum absolute atomic E-state index is 0.0887. The van der Waals surface area contributed by atoms with Gasteiger partial charge in [-0.25, -0.2) is 0 Å². The number of H-pyrrole nitrogens is 2. The Morgan fingerprint density at radius 1 is 1.29 bits per heavy atom. The molecule has 1 atom stereocenters. The van der Waals surface area contributed by atoms with Gasteiger partial charge in [0.2, 0.25) is 0 Å². The Morgan fingerprint density at radius 3 is 2.62 bits per heavy atom. The van der Waals surface area contributed by atoms with E-state index in [1.807, 2.05) is 24.3 Å². The fourth-order valence-electron chi connectivity index (χ4n) is 2.37. The molecule has 0 aliphatic heterocycles. The highest BCUT2D eigenvalue weighted by molar-refractivity contribution is 5.71. The maximum absolute atomic E-state index is 12.0. The smallest absolute Gasteiger partial charge is 0.306 e. The van der Waals surface area contributed by atoms with Crippen LogP contribution in [-0.2, 0) is 9.53 Å². The van der Waals surface area contributed by atoms with Crippen LogP contribution >= 0.6 is 0 Å². The van der Waals surface area contributed by atoms with Crippen molar-refractivity contribution >= 4 is 5.97 Å². The number of aryl methyl sites for hydroxylation is 1. The number of benzene rings is 1. The van der Waals surface area contributed by atoms with Crippen LogP contribution in [0.1, 0.15) is 29.2 Å². The zero-order valence-electron chi connectivity index (χ0n) is 12.2. The fourth-order valence-corrected chi connectivity index (χ4v) is 2.37. The first-order chi connectivity index (χ1) is 10.1. The number of methoxy groups -OCH3 is 2. The predicted molar refractivity (Wildman–Crippen MR) is 77.6 cm³/mol. The van der Waals surface area contributed by atoms with Gasteiger partial charge in [0.25, 0.3) is 5.56 Å². The van der Waals surface area contributed by atoms with Gasteiger partial charge in [-0.2, -0.15) is 0 Å². The molecule has 6 nitrogen and oxygen atoms in total. The SMILES string of the molecule is COC(=O)C[C@@H](c1cccc(OC)c1)c1c(C)[nH][nH]c1=O. The molecule has 0 bridgehead atoms. The van der Waals surface area contributed by atoms with Crippen molar-refractivity contribution in [2.45, 2.75) is 19.3 Å². The number of hydrogen-bond donors (Lipinski definition) is 2. The minimum atomic E-state index is -0.387. The molecule has 1 aromatic carbocycles. The van der Waals surface area contributed by atoms with Crippen molar-refractivity contribution in [2.24, 2.45) is 0 Å². The van der Waals surface area contributed by atoms with Gasteiger partial charge in [-0.05, 0) is 24.6 Å². The average Bonchev–Trinajstić information content (AvgIpc) is 2.83. The van der Waals surface area contributed by atoms with E-state index in [0.29, 0.717) is 17.0 Å². The van der Waals surface area contributed by atoms with E-state index in [1.165, 1.54) is 7.11 Å². The van der Waals surface area contributed by atoms with Crippen LogP contribution in [0.15, 0.2) is 29.1 Å². The molecule has 2 aromatic rings. The summed E-state index contributed by atoms with van der Waals surface area (Å²) >= 11 is 0. The van der Waals surface area contributed by atoms with E-state index >= 15 is 0 Å². The van der Waals surface area contributed by atoms with Crippen LogP contribution in [0.3, 0.4) is 0 Å². The summed E-state index contributed by atoms with van der Waals surface area (Å²) in [7, 11) is 2.90. The number of esters is 1. The topological polar surface area (TPSA) is 84.2 Å². The Bertz CT molecular complexity index is 687. The van der Waals surface area contributed by atoms with Crippen molar-refractivity contribution in [3.05, 3.63) is 51.4 Å². The van der Waals surface area contributed by atoms with Crippen LogP contribution in [0.25, 0.3) is 0 Å². The molecule has 6 heteroatoms. The summed E-state index contributed by atoms with van der Waals surface area (Å²) in [5.74, 6) is -0.0858. The van der Waals surface area contributed by atoms with Gasteiger partial charge in [-0.15, -0.1) is 0 Å². The Hall–Kier alpha value is -2.50. The standard InChI is InChI=1S/C15H18N2O4/c1-9-14(15(19)17-16-9)12(8-13(18)21-3)10-5-4-6-11(7-10)20-2/h4-7,12H,8H2,1-3H3,(H2,16,17,19)/t12-/m0/s1. The Morgan fingerprint density at radius 2 is 2.05 bits per heavy atom. The van der Waals surface area contributed by atoms with Gasteiger partial charge in [0.15, 0.2) is 0 Å². The van der Waals surface area contributed by atoms with Crippen molar-refractivity contribution in [3.8, 4) is 5.75 Å². The molecule has 0 saturated carbocycles. The second-order valence-corrected chi connectivity index (χ2v) is 4.73. The number of aromatic amines is 2. The number of carbonyl (C=O) groups excluding carboxylic acids is 1. The summed E-state index contributed by atoms with van der Waals surface area (Å²) in [6, 6.07) is 7.32. The molecule has 0 saturated heterocycles. The number of ether oxygens (including phenoxy) is 2. The van der Waals surface area contributed by atoms with Gasteiger partial charge in [0.05, 0.1) is 20.6 Å². The van der Waals surface area contributed by atoms with Crippen LogP contribution in [0.5, 0.6) is 5.75 Å². The molecule has 1 heterocycles. The van der Waals surface area contributed by atoms with E-state index in [4.69, 9.17) is 9.47 Å². The molecule has 21 heavy (non-hydrogen) atoms. The fraction of sp³-hybridized carbons (Fsp3) is 0.333. The summed E-state index contributed by atoms with van der Waals surface area (Å²) in [6.45, 7) is 1.79. The lowest BCUT2D eigenvalue weighted by Gasteiger charge is -2.16. The lowest BCUT2D eigenvalue weighted by Crippen LogP contribution is -2.17. The summed E-state index contributed by atoms with van der Waals surface area (Å²) in [4.78, 5) is 23.7. The van der Waals surface area contributed by atoms with E-state index in [2.05, 4.69) is 10.2 Å². The number of carbonyl (C=O) groups is 1. The molecule has 1 aromatic heterocycles. The van der Waals surface area contributed by atoms with Crippen molar-refractivity contribution in [3.63, 3.8) is 0 Å². The minimum Gasteiger partial charge on any atom is -0.497 e. The highest BCUT2D eigenvalue weighted by Crippen LogP contribution is 2.30. The Balaban J connectivity index is 2.50. The Labute approximate surface area is 122 Å². The first kappa shape index (κ1) is 14.9. The molecule has 0 fully saturated rings. The van der Waals surface area contributed by atoms with Crippen molar-refractivity contribution in [1.82, 2.24) is 10.2 Å². The van der Waals surface area contributed by atoms with Crippen LogP contribution in [0.4, 0.5) is 0 Å². The second-order valence-electron chi connectivity index (χ2n) is 4.73. The molecular weight excluding hydrogens is 272 g/mol. The van der Waals surface area contributed by atoms with Crippen molar-refractivity contribution in [1.29, 1.82) is 0 Å². The molecule has 0 amide bonds. The summed E-state index contributed by atoms with van der Waals surface area (Å²) in [6.07, 6.45) is 0.0887. The van der Waals surface area contributed by atoms with E-state index in [-0.39, 0.29) is 23.9 Å². The predicted octanol–water partition coefficient (Wildman–Crippen LogP) is 1.72. The number of rotatable bonds is 5. The van der Waals surface area contributed by atoms with Crippen molar-refractivity contribution in [2.75, 3.05) is 14.2 Å². The van der Waals surface area contributed by atoms with Crippen LogP contribution < -0.4 is 10.3 Å². The summed E-state index contributed by atoms with van der Waals surface area (Å²) in [5.41, 5.74) is 1.84. The van der Waals surface area contributed by atoms with Gasteiger partial charge in [0.1, 0.15) is 5.75 Å². The molecule has 0 aliphatic carbocycles. The van der Waals surface area contributed by atoms with Crippen LogP contribution in [-0.4, -0.2) is 30.4 Å². The van der Waals surface area contributed by atoms with Gasteiger partial charge >= 0.3 is 5.97 Å². The second kappa shape index (κ2) is 6.30. The first-order valence-electron chi connectivity index (χ1n) is 6.54. The average molecular weight is 290 g/mol. The zero-order valence-corrected chi connectivity index (χ0v) is 12.2. The molecule has 0 aliphatic rings. The number of hydrogen-bond acceptors (Lipinski definition) is 4. The maximum atomic E-state index is 12.0. The van der Waals surface area contributed by atoms with E-state index in [9.17, 15) is 9.59 Å². The van der Waals surface area contributed by atoms with E-state index in [0.717, 1.165) is 5.56 Å². The third-order valence-electron chi connectivity index (χ3n) is 3.46. The summed E-state index contributed by atoms with van der Waals surface area (Å²) in [5, 5.41) is 5.33. The molecule has 0 radical (unpaired) electrons. The maximum Gasteiger partial charge on any atom is 0.306 e. The third-order valence-corrected chi connectivity index (χ3v) is 3.46. The van der Waals surface area contributed by atoms with Crippen LogP contribution in [0, 0.1) is 6.92 Å². The lowest BCUT2D eigenvalue weighted by molar-refractivity contribution is -0.140. The molecule has 2 rings (SSSR count). The number of nitrogens with one attached hydrogen (secondary N) is 2. The van der Waals surface area contributed by atoms with Crippen LogP contribution in [0.2, 0.25) is 0 Å². The van der Waals surface area contributed by atoms with Gasteiger partial charge in [-0.1, -0.05) is 12.1 Å². The first-order valence-corrected chi connectivity index (χ1v) is 6.54. The summed E-state index contributed by atoms with van der Waals surface area (Å²) < 4.78 is 9.95. The molecule has 0 spiro atoms. The monoisotopic (exact) mass is 290 g/mol.